The second-order valence-corrected chi connectivity index (χ2v) is 9.15. The molecule has 0 saturated carbocycles. The highest BCUT2D eigenvalue weighted by Crippen LogP contribution is 2.21. The topological polar surface area (TPSA) is 29.5 Å². The first-order valence-corrected chi connectivity index (χ1v) is 9.18. The van der Waals surface area contributed by atoms with Crippen LogP contribution in [-0.2, 0) is 10.8 Å². The Labute approximate surface area is 105 Å². The smallest absolute Gasteiger partial charge is 0.187 e. The summed E-state index contributed by atoms with van der Waals surface area (Å²) in [4.78, 5) is 0. The second kappa shape index (κ2) is 6.62. The Kier molecular flexibility index (Phi) is 5.45. The van der Waals surface area contributed by atoms with Crippen molar-refractivity contribution < 1.29 is 9.53 Å². The third-order valence-electron chi connectivity index (χ3n) is 2.81. The molecule has 0 aliphatic rings. The SMILES string of the molecule is C=CCO[Si](C)(C)CCCc1ccccc1O. The average Bonchev–Trinajstić information content (AvgIpc) is 2.29. The molecule has 0 unspecified atom stereocenters. The highest BCUT2D eigenvalue weighted by Gasteiger charge is 2.21. The van der Waals surface area contributed by atoms with Crippen molar-refractivity contribution in [2.24, 2.45) is 0 Å². The zero-order valence-corrected chi connectivity index (χ0v) is 11.8. The molecule has 0 spiro atoms. The average molecular weight is 250 g/mol. The van der Waals surface area contributed by atoms with Gasteiger partial charge in [0.15, 0.2) is 8.32 Å². The summed E-state index contributed by atoms with van der Waals surface area (Å²) in [6.07, 6.45) is 3.78. The Morgan fingerprint density at radius 3 is 2.71 bits per heavy atom. The van der Waals surface area contributed by atoms with Crippen molar-refractivity contribution in [1.29, 1.82) is 0 Å². The molecule has 94 valence electrons. The van der Waals surface area contributed by atoms with Crippen LogP contribution in [0.2, 0.25) is 19.1 Å². The van der Waals surface area contributed by atoms with Gasteiger partial charge >= 0.3 is 0 Å². The Balaban J connectivity index is 2.37. The molecule has 0 radical (unpaired) electrons. The van der Waals surface area contributed by atoms with E-state index in [-0.39, 0.29) is 0 Å². The van der Waals surface area contributed by atoms with Gasteiger partial charge in [-0.2, -0.15) is 0 Å². The third kappa shape index (κ3) is 5.19. The molecule has 0 fully saturated rings. The Hall–Kier alpha value is -1.06. The summed E-state index contributed by atoms with van der Waals surface area (Å²) in [5, 5.41) is 9.65. The van der Waals surface area contributed by atoms with Gasteiger partial charge in [0.1, 0.15) is 5.75 Å². The lowest BCUT2D eigenvalue weighted by Gasteiger charge is -2.21. The van der Waals surface area contributed by atoms with Gasteiger partial charge < -0.3 is 9.53 Å². The maximum absolute atomic E-state index is 9.65. The summed E-state index contributed by atoms with van der Waals surface area (Å²) in [6, 6.07) is 8.65. The minimum absolute atomic E-state index is 0.402. The number of aryl methyl sites for hydroxylation is 1. The Bertz CT molecular complexity index is 361. The molecule has 0 atom stereocenters. The van der Waals surface area contributed by atoms with Crippen molar-refractivity contribution in [2.45, 2.75) is 32.0 Å². The number of aromatic hydroxyl groups is 1. The van der Waals surface area contributed by atoms with E-state index < -0.39 is 8.32 Å². The molecule has 0 bridgehead atoms. The number of phenolic OH excluding ortho intramolecular Hbond substituents is 1. The van der Waals surface area contributed by atoms with Crippen molar-refractivity contribution in [3.05, 3.63) is 42.5 Å². The van der Waals surface area contributed by atoms with E-state index in [1.165, 1.54) is 0 Å². The van der Waals surface area contributed by atoms with Crippen molar-refractivity contribution in [2.75, 3.05) is 6.61 Å². The van der Waals surface area contributed by atoms with E-state index in [1.54, 1.807) is 12.1 Å². The van der Waals surface area contributed by atoms with Gasteiger partial charge in [0.2, 0.25) is 0 Å². The van der Waals surface area contributed by atoms with Crippen LogP contribution in [0.15, 0.2) is 36.9 Å². The van der Waals surface area contributed by atoms with Crippen molar-refractivity contribution in [1.82, 2.24) is 0 Å². The Morgan fingerprint density at radius 1 is 1.35 bits per heavy atom. The van der Waals surface area contributed by atoms with Crippen LogP contribution in [0.25, 0.3) is 0 Å². The quantitative estimate of drug-likeness (QED) is 0.590. The van der Waals surface area contributed by atoms with Gasteiger partial charge in [-0.3, -0.25) is 0 Å². The van der Waals surface area contributed by atoms with Crippen LogP contribution < -0.4 is 0 Å². The summed E-state index contributed by atoms with van der Waals surface area (Å²) in [6.45, 7) is 8.76. The maximum Gasteiger partial charge on any atom is 0.187 e. The first-order chi connectivity index (χ1) is 8.05. The number of benzene rings is 1. The molecule has 0 aliphatic heterocycles. The minimum atomic E-state index is -1.55. The standard InChI is InChI=1S/C14H22O2Si/c1-4-11-16-17(2,3)12-7-9-13-8-5-6-10-14(13)15/h4-6,8,10,15H,1,7,9,11-12H2,2-3H3. The fourth-order valence-corrected chi connectivity index (χ4v) is 3.53. The van der Waals surface area contributed by atoms with Gasteiger partial charge in [-0.05, 0) is 43.6 Å². The molecule has 0 saturated heterocycles. The monoisotopic (exact) mass is 250 g/mol. The highest BCUT2D eigenvalue weighted by atomic mass is 28.4. The van der Waals surface area contributed by atoms with Crippen LogP contribution in [0.1, 0.15) is 12.0 Å². The lowest BCUT2D eigenvalue weighted by molar-refractivity contribution is 0.350. The fourth-order valence-electron chi connectivity index (χ4n) is 1.78. The van der Waals surface area contributed by atoms with Gasteiger partial charge in [0.05, 0.1) is 6.61 Å². The second-order valence-electron chi connectivity index (χ2n) is 4.84. The predicted molar refractivity (Wildman–Crippen MR) is 74.9 cm³/mol. The first-order valence-electron chi connectivity index (χ1n) is 6.07. The number of hydrogen-bond acceptors (Lipinski definition) is 2. The molecule has 0 heterocycles. The van der Waals surface area contributed by atoms with Crippen LogP contribution in [0, 0.1) is 0 Å². The summed E-state index contributed by atoms with van der Waals surface area (Å²) < 4.78 is 5.81. The maximum atomic E-state index is 9.65. The number of rotatable bonds is 7. The number of phenols is 1. The van der Waals surface area contributed by atoms with Gasteiger partial charge in [0.25, 0.3) is 0 Å². The number of para-hydroxylation sites is 1. The van der Waals surface area contributed by atoms with Gasteiger partial charge in [-0.1, -0.05) is 24.3 Å². The zero-order chi connectivity index (χ0) is 12.7. The molecule has 17 heavy (non-hydrogen) atoms. The summed E-state index contributed by atoms with van der Waals surface area (Å²) in [5.41, 5.74) is 1.03. The van der Waals surface area contributed by atoms with E-state index in [4.69, 9.17) is 4.43 Å². The van der Waals surface area contributed by atoms with E-state index in [2.05, 4.69) is 19.7 Å². The largest absolute Gasteiger partial charge is 0.508 e. The van der Waals surface area contributed by atoms with Crippen molar-refractivity contribution in [3.8, 4) is 5.75 Å². The molecule has 3 heteroatoms. The molecular weight excluding hydrogens is 228 g/mol. The molecule has 0 aliphatic carbocycles. The summed E-state index contributed by atoms with van der Waals surface area (Å²) in [5.74, 6) is 0.402. The molecule has 1 aromatic carbocycles. The van der Waals surface area contributed by atoms with E-state index in [9.17, 15) is 5.11 Å². The van der Waals surface area contributed by atoms with E-state index in [0.717, 1.165) is 24.4 Å². The lowest BCUT2D eigenvalue weighted by Crippen LogP contribution is -2.30. The van der Waals surface area contributed by atoms with Crippen LogP contribution in [-0.4, -0.2) is 20.0 Å². The molecule has 1 rings (SSSR count). The van der Waals surface area contributed by atoms with E-state index in [0.29, 0.717) is 12.4 Å². The minimum Gasteiger partial charge on any atom is -0.508 e. The third-order valence-corrected chi connectivity index (χ3v) is 5.31. The lowest BCUT2D eigenvalue weighted by atomic mass is 10.1. The predicted octanol–water partition coefficient (Wildman–Crippen LogP) is 3.73. The van der Waals surface area contributed by atoms with E-state index in [1.807, 2.05) is 18.2 Å². The molecule has 2 nitrogen and oxygen atoms in total. The fraction of sp³-hybridized carbons (Fsp3) is 0.429. The normalized spacial score (nSPS) is 11.4. The zero-order valence-electron chi connectivity index (χ0n) is 10.8. The van der Waals surface area contributed by atoms with Crippen molar-refractivity contribution >= 4 is 8.32 Å². The summed E-state index contributed by atoms with van der Waals surface area (Å²) in [7, 11) is -1.55. The van der Waals surface area contributed by atoms with Crippen LogP contribution >= 0.6 is 0 Å². The van der Waals surface area contributed by atoms with E-state index >= 15 is 0 Å². The molecule has 0 aromatic heterocycles. The van der Waals surface area contributed by atoms with Crippen molar-refractivity contribution in [3.63, 3.8) is 0 Å². The van der Waals surface area contributed by atoms with Crippen LogP contribution in [0.5, 0.6) is 5.75 Å². The molecular formula is C14H22O2Si. The molecule has 0 amide bonds. The highest BCUT2D eigenvalue weighted by molar-refractivity contribution is 6.71. The number of hydrogen-bond donors (Lipinski definition) is 1. The summed E-state index contributed by atoms with van der Waals surface area (Å²) >= 11 is 0. The van der Waals surface area contributed by atoms with Gasteiger partial charge in [-0.15, -0.1) is 6.58 Å². The molecule has 1 N–H and O–H groups in total. The van der Waals surface area contributed by atoms with Crippen LogP contribution in [0.4, 0.5) is 0 Å². The Morgan fingerprint density at radius 2 is 2.06 bits per heavy atom. The molecule has 1 aromatic rings. The van der Waals surface area contributed by atoms with Crippen LogP contribution in [0.3, 0.4) is 0 Å². The first kappa shape index (κ1) is 14.0. The van der Waals surface area contributed by atoms with Gasteiger partial charge in [0, 0.05) is 0 Å². The van der Waals surface area contributed by atoms with Gasteiger partial charge in [-0.25, -0.2) is 0 Å².